The first-order valence-electron chi connectivity index (χ1n) is 10.3. The van der Waals surface area contributed by atoms with Crippen LogP contribution >= 0.6 is 0 Å². The highest BCUT2D eigenvalue weighted by Gasteiger charge is 2.35. The number of hydrogen-bond acceptors (Lipinski definition) is 4. The molecule has 1 saturated heterocycles. The van der Waals surface area contributed by atoms with Crippen LogP contribution in [0.2, 0.25) is 0 Å². The van der Waals surface area contributed by atoms with Crippen LogP contribution in [0.5, 0.6) is 0 Å². The Labute approximate surface area is 190 Å². The summed E-state index contributed by atoms with van der Waals surface area (Å²) in [5.41, 5.74) is 4.10. The largest absolute Gasteiger partial charge is 0.430 e. The highest BCUT2D eigenvalue weighted by molar-refractivity contribution is 7.89. The Kier molecular flexibility index (Phi) is 6.99. The molecule has 0 radical (unpaired) electrons. The zero-order valence-electron chi connectivity index (χ0n) is 18.2. The number of nitrogens with zero attached hydrogens (tertiary/aromatic N) is 2. The van der Waals surface area contributed by atoms with Crippen LogP contribution in [0.4, 0.5) is 23.2 Å². The smallest absolute Gasteiger partial charge is 0.395 e. The molecule has 0 bridgehead atoms. The van der Waals surface area contributed by atoms with Crippen LogP contribution in [-0.2, 0) is 10.0 Å². The van der Waals surface area contributed by atoms with E-state index in [-0.39, 0.29) is 42.2 Å². The number of hydrogen-bond donors (Lipinski definition) is 1. The fourth-order valence-corrected chi connectivity index (χ4v) is 4.75. The van der Waals surface area contributed by atoms with E-state index in [1.807, 2.05) is 6.92 Å². The van der Waals surface area contributed by atoms with Gasteiger partial charge in [-0.3, -0.25) is 0 Å². The molecule has 1 fully saturated rings. The molecule has 33 heavy (non-hydrogen) atoms. The predicted octanol–water partition coefficient (Wildman–Crippen LogP) is 5.03. The van der Waals surface area contributed by atoms with Gasteiger partial charge in [-0.25, -0.2) is 17.8 Å². The third-order valence-corrected chi connectivity index (χ3v) is 7.37. The van der Waals surface area contributed by atoms with Crippen molar-refractivity contribution in [2.24, 2.45) is 10.7 Å². The van der Waals surface area contributed by atoms with Crippen molar-refractivity contribution < 1.29 is 26.0 Å². The average molecular weight is 484 g/mol. The van der Waals surface area contributed by atoms with E-state index < -0.39 is 27.6 Å². The van der Waals surface area contributed by atoms with E-state index in [1.165, 1.54) is 35.5 Å². The molecule has 0 amide bonds. The van der Waals surface area contributed by atoms with Crippen LogP contribution in [0.1, 0.15) is 30.9 Å². The number of piperidine rings is 1. The van der Waals surface area contributed by atoms with Gasteiger partial charge >= 0.3 is 6.18 Å². The Morgan fingerprint density at radius 3 is 2.12 bits per heavy atom. The van der Waals surface area contributed by atoms with E-state index in [9.17, 15) is 26.0 Å². The number of rotatable bonds is 5. The number of alkyl halides is 4. The molecule has 1 aliphatic rings. The van der Waals surface area contributed by atoms with Gasteiger partial charge in [0.05, 0.1) is 16.3 Å². The standard InChI is InChI=1S/C23H25F4N3O2S/c1-16-3-5-17(6-4-16)20(15-21(28)23(25,26)27)29-18-7-9-19(10-8-18)33(31,32)30-13-11-22(2,24)12-14-30/h3-10,15H,11-14,28H2,1-2H3/b21-15-,29-20?. The number of allylic oxidation sites excluding steroid dienone is 2. The van der Waals surface area contributed by atoms with Gasteiger partial charge in [-0.1, -0.05) is 29.8 Å². The number of benzene rings is 2. The van der Waals surface area contributed by atoms with Crippen molar-refractivity contribution in [3.63, 3.8) is 0 Å². The molecule has 1 aliphatic heterocycles. The predicted molar refractivity (Wildman–Crippen MR) is 120 cm³/mol. The molecule has 1 heterocycles. The fraction of sp³-hybridized carbons (Fsp3) is 0.348. The van der Waals surface area contributed by atoms with Gasteiger partial charge < -0.3 is 5.73 Å². The monoisotopic (exact) mass is 483 g/mol. The van der Waals surface area contributed by atoms with E-state index >= 15 is 0 Å². The van der Waals surface area contributed by atoms with Gasteiger partial charge in [0.2, 0.25) is 10.0 Å². The van der Waals surface area contributed by atoms with Crippen LogP contribution in [0.3, 0.4) is 0 Å². The SMILES string of the molecule is Cc1ccc(C(/C=C(\N)C(F)(F)F)=Nc2ccc(S(=O)(=O)N3CCC(C)(F)CC3)cc2)cc1. The first kappa shape index (κ1) is 24.9. The Hall–Kier alpha value is -2.72. The van der Waals surface area contributed by atoms with Crippen molar-refractivity contribution >= 4 is 21.4 Å². The molecule has 0 unspecified atom stereocenters. The van der Waals surface area contributed by atoms with E-state index in [2.05, 4.69) is 4.99 Å². The summed E-state index contributed by atoms with van der Waals surface area (Å²) >= 11 is 0. The molecular weight excluding hydrogens is 458 g/mol. The Bertz CT molecular complexity index is 1140. The maximum absolute atomic E-state index is 14.0. The fourth-order valence-electron chi connectivity index (χ4n) is 3.31. The molecule has 10 heteroatoms. The highest BCUT2D eigenvalue weighted by atomic mass is 32.2. The zero-order chi connectivity index (χ0) is 24.4. The molecule has 2 N–H and O–H groups in total. The van der Waals surface area contributed by atoms with Crippen LogP contribution in [0.15, 0.2) is 70.2 Å². The molecule has 3 rings (SSSR count). The molecule has 5 nitrogen and oxygen atoms in total. The van der Waals surface area contributed by atoms with Gasteiger partial charge in [-0.05, 0) is 57.0 Å². The number of aliphatic imine (C=N–C) groups is 1. The molecule has 178 valence electrons. The van der Waals surface area contributed by atoms with Gasteiger partial charge in [0, 0.05) is 18.7 Å². The zero-order valence-corrected chi connectivity index (χ0v) is 19.0. The summed E-state index contributed by atoms with van der Waals surface area (Å²) in [6.45, 7) is 3.45. The van der Waals surface area contributed by atoms with E-state index in [0.717, 1.165) is 11.6 Å². The van der Waals surface area contributed by atoms with Crippen LogP contribution in [0.25, 0.3) is 0 Å². The van der Waals surface area contributed by atoms with Crippen molar-refractivity contribution in [3.05, 3.63) is 71.4 Å². The number of nitrogens with two attached hydrogens (primary N) is 1. The lowest BCUT2D eigenvalue weighted by Gasteiger charge is -2.33. The second-order valence-electron chi connectivity index (χ2n) is 8.27. The lowest BCUT2D eigenvalue weighted by Crippen LogP contribution is -2.43. The third kappa shape index (κ3) is 6.20. The molecule has 0 atom stereocenters. The number of aryl methyl sites for hydroxylation is 1. The first-order chi connectivity index (χ1) is 15.3. The minimum Gasteiger partial charge on any atom is -0.395 e. The lowest BCUT2D eigenvalue weighted by molar-refractivity contribution is -0.0925. The number of sulfonamides is 1. The Morgan fingerprint density at radius 1 is 1.06 bits per heavy atom. The van der Waals surface area contributed by atoms with Gasteiger partial charge in [0.1, 0.15) is 11.4 Å². The van der Waals surface area contributed by atoms with Gasteiger partial charge in [0.15, 0.2) is 0 Å². The lowest BCUT2D eigenvalue weighted by atomic mass is 9.97. The Balaban J connectivity index is 1.92. The van der Waals surface area contributed by atoms with Crippen LogP contribution in [0, 0.1) is 6.92 Å². The Morgan fingerprint density at radius 2 is 1.61 bits per heavy atom. The number of halogens is 4. The molecule has 0 saturated carbocycles. The quantitative estimate of drug-likeness (QED) is 0.479. The van der Waals surface area contributed by atoms with Crippen LogP contribution in [-0.4, -0.2) is 43.4 Å². The van der Waals surface area contributed by atoms with Gasteiger partial charge in [0.25, 0.3) is 0 Å². The summed E-state index contributed by atoms with van der Waals surface area (Å²) in [7, 11) is -3.82. The normalized spacial score (nSPS) is 18.4. The summed E-state index contributed by atoms with van der Waals surface area (Å²) in [5.74, 6) is 0. The van der Waals surface area contributed by atoms with Gasteiger partial charge in [-0.15, -0.1) is 0 Å². The van der Waals surface area contributed by atoms with Crippen molar-refractivity contribution in [1.82, 2.24) is 4.31 Å². The third-order valence-electron chi connectivity index (χ3n) is 5.46. The first-order valence-corrected chi connectivity index (χ1v) is 11.7. The molecule has 0 aliphatic carbocycles. The van der Waals surface area contributed by atoms with Crippen molar-refractivity contribution in [2.75, 3.05) is 13.1 Å². The second-order valence-corrected chi connectivity index (χ2v) is 10.2. The topological polar surface area (TPSA) is 75.8 Å². The molecular formula is C23H25F4N3O2S. The van der Waals surface area contributed by atoms with E-state index in [4.69, 9.17) is 5.73 Å². The summed E-state index contributed by atoms with van der Waals surface area (Å²) in [6, 6.07) is 12.2. The second kappa shape index (κ2) is 9.26. The summed E-state index contributed by atoms with van der Waals surface area (Å²) in [6.07, 6.45) is -3.74. The summed E-state index contributed by atoms with van der Waals surface area (Å²) in [5, 5.41) is 0. The van der Waals surface area contributed by atoms with Crippen LogP contribution < -0.4 is 5.73 Å². The molecule has 0 aromatic heterocycles. The summed E-state index contributed by atoms with van der Waals surface area (Å²) < 4.78 is 79.9. The van der Waals surface area contributed by atoms with E-state index in [1.54, 1.807) is 24.3 Å². The average Bonchev–Trinajstić information content (AvgIpc) is 2.73. The molecule has 2 aromatic rings. The molecule has 0 spiro atoms. The van der Waals surface area contributed by atoms with E-state index in [0.29, 0.717) is 5.56 Å². The maximum Gasteiger partial charge on any atom is 0.430 e. The minimum atomic E-state index is -4.71. The van der Waals surface area contributed by atoms with Crippen molar-refractivity contribution in [3.8, 4) is 0 Å². The van der Waals surface area contributed by atoms with Gasteiger partial charge in [-0.2, -0.15) is 17.5 Å². The minimum absolute atomic E-state index is 0.00569. The highest BCUT2D eigenvalue weighted by Crippen LogP contribution is 2.30. The van der Waals surface area contributed by atoms with Crippen molar-refractivity contribution in [1.29, 1.82) is 0 Å². The summed E-state index contributed by atoms with van der Waals surface area (Å²) in [4.78, 5) is 4.27. The molecule has 2 aromatic carbocycles. The maximum atomic E-state index is 14.0. The van der Waals surface area contributed by atoms with Crippen molar-refractivity contribution in [2.45, 2.75) is 43.4 Å².